The van der Waals surface area contributed by atoms with E-state index in [9.17, 15) is 9.00 Å². The lowest BCUT2D eigenvalue weighted by atomic mass is 10.2. The number of nitrogens with one attached hydrogen (secondary N) is 2. The lowest BCUT2D eigenvalue weighted by Crippen LogP contribution is -2.37. The van der Waals surface area contributed by atoms with E-state index in [2.05, 4.69) is 15.5 Å². The van der Waals surface area contributed by atoms with Crippen LogP contribution in [0.15, 0.2) is 59.5 Å². The average Bonchev–Trinajstić information content (AvgIpc) is 2.85. The van der Waals surface area contributed by atoms with Crippen LogP contribution in [0.25, 0.3) is 11.4 Å². The van der Waals surface area contributed by atoms with E-state index < -0.39 is 10.8 Å². The van der Waals surface area contributed by atoms with Crippen LogP contribution in [-0.2, 0) is 21.3 Å². The van der Waals surface area contributed by atoms with E-state index >= 15 is 0 Å². The quantitative estimate of drug-likeness (QED) is 0.580. The number of benzene rings is 2. The largest absolute Gasteiger partial charge is 0.378 e. The van der Waals surface area contributed by atoms with Gasteiger partial charge in [0.1, 0.15) is 5.82 Å². The Balaban J connectivity index is 1.65. The molecular weight excluding hydrogens is 438 g/mol. The molecule has 4 rings (SSSR count). The van der Waals surface area contributed by atoms with Crippen LogP contribution in [0.2, 0.25) is 0 Å². The number of ether oxygens (including phenoxy) is 1. The molecular formula is C24H27N5O3S. The van der Waals surface area contributed by atoms with Crippen LogP contribution >= 0.6 is 0 Å². The summed E-state index contributed by atoms with van der Waals surface area (Å²) in [6, 6.07) is 16.7. The predicted octanol–water partition coefficient (Wildman–Crippen LogP) is 3.35. The molecule has 0 radical (unpaired) electrons. The number of amides is 2. The summed E-state index contributed by atoms with van der Waals surface area (Å²) in [5.41, 5.74) is 3.20. The van der Waals surface area contributed by atoms with E-state index in [-0.39, 0.29) is 6.03 Å². The lowest BCUT2D eigenvalue weighted by molar-refractivity contribution is 0.122. The van der Waals surface area contributed by atoms with Gasteiger partial charge in [-0.2, -0.15) is 0 Å². The fraction of sp³-hybridized carbons (Fsp3) is 0.292. The predicted molar refractivity (Wildman–Crippen MR) is 130 cm³/mol. The Kier molecular flexibility index (Phi) is 7.31. The van der Waals surface area contributed by atoms with E-state index in [0.717, 1.165) is 40.6 Å². The van der Waals surface area contributed by atoms with Crippen LogP contribution in [0, 0.1) is 6.92 Å². The van der Waals surface area contributed by atoms with Gasteiger partial charge in [0.25, 0.3) is 0 Å². The Morgan fingerprint density at radius 3 is 2.52 bits per heavy atom. The Bertz CT molecular complexity index is 1150. The Hall–Kier alpha value is -3.30. The number of anilines is 2. The molecule has 0 saturated carbocycles. The first-order valence-corrected chi connectivity index (χ1v) is 12.1. The second-order valence-electron chi connectivity index (χ2n) is 7.68. The van der Waals surface area contributed by atoms with Gasteiger partial charge in [-0.05, 0) is 42.8 Å². The van der Waals surface area contributed by atoms with Crippen LogP contribution in [-0.4, -0.2) is 53.6 Å². The van der Waals surface area contributed by atoms with Crippen molar-refractivity contribution in [1.82, 2.24) is 15.3 Å². The third-order valence-corrected chi connectivity index (χ3v) is 6.85. The Morgan fingerprint density at radius 1 is 1.09 bits per heavy atom. The summed E-state index contributed by atoms with van der Waals surface area (Å²) >= 11 is 0. The van der Waals surface area contributed by atoms with Gasteiger partial charge in [0.2, 0.25) is 0 Å². The van der Waals surface area contributed by atoms with Crippen molar-refractivity contribution < 1.29 is 13.7 Å². The normalized spacial score (nSPS) is 14.5. The zero-order chi connectivity index (χ0) is 23.2. The highest BCUT2D eigenvalue weighted by atomic mass is 32.2. The van der Waals surface area contributed by atoms with Gasteiger partial charge < -0.3 is 20.3 Å². The maximum absolute atomic E-state index is 13.1. The van der Waals surface area contributed by atoms with Crippen LogP contribution in [0.5, 0.6) is 0 Å². The van der Waals surface area contributed by atoms with Crippen molar-refractivity contribution in [2.45, 2.75) is 17.6 Å². The fourth-order valence-corrected chi connectivity index (χ4v) is 4.79. The molecule has 9 heteroatoms. The molecule has 1 atom stereocenters. The molecule has 172 valence electrons. The molecule has 0 bridgehead atoms. The van der Waals surface area contributed by atoms with Crippen molar-refractivity contribution >= 4 is 28.3 Å². The van der Waals surface area contributed by atoms with Gasteiger partial charge in [-0.25, -0.2) is 14.8 Å². The number of carbonyl (C=O) groups is 1. The first-order chi connectivity index (χ1) is 16.0. The van der Waals surface area contributed by atoms with E-state index in [4.69, 9.17) is 14.7 Å². The van der Waals surface area contributed by atoms with Crippen molar-refractivity contribution in [2.24, 2.45) is 0 Å². The second kappa shape index (κ2) is 10.5. The maximum atomic E-state index is 13.1. The molecule has 2 amide bonds. The number of carbonyl (C=O) groups excluding carboxylic acids is 1. The zero-order valence-electron chi connectivity index (χ0n) is 18.7. The minimum atomic E-state index is -1.22. The number of aromatic nitrogens is 2. The molecule has 1 unspecified atom stereocenters. The smallest absolute Gasteiger partial charge is 0.318 e. The summed E-state index contributed by atoms with van der Waals surface area (Å²) in [7, 11) is 0.343. The molecule has 8 nitrogen and oxygen atoms in total. The van der Waals surface area contributed by atoms with Gasteiger partial charge in [-0.3, -0.25) is 4.21 Å². The standard InChI is InChI=1S/C24H27N5O3S/c1-17-5-3-4-6-21(17)33(31)16-20-15-22(29-11-13-32-14-12-29)28-23(26-20)18-7-9-19(10-8-18)27-24(30)25-2/h3-10,15H,11-14,16H2,1-2H3,(H2,25,27,30). The lowest BCUT2D eigenvalue weighted by Gasteiger charge is -2.28. The maximum Gasteiger partial charge on any atom is 0.318 e. The minimum Gasteiger partial charge on any atom is -0.378 e. The number of rotatable bonds is 6. The SMILES string of the molecule is CNC(=O)Nc1ccc(-c2nc(CS(=O)c3ccccc3C)cc(N3CCOCC3)n2)cc1. The highest BCUT2D eigenvalue weighted by Crippen LogP contribution is 2.24. The number of hydrogen-bond acceptors (Lipinski definition) is 6. The number of hydrogen-bond donors (Lipinski definition) is 2. The molecule has 1 aliphatic heterocycles. The molecule has 0 aliphatic carbocycles. The van der Waals surface area contributed by atoms with Gasteiger partial charge in [0.05, 0.1) is 35.5 Å². The molecule has 1 aliphatic rings. The van der Waals surface area contributed by atoms with E-state index in [0.29, 0.717) is 30.5 Å². The van der Waals surface area contributed by atoms with Gasteiger partial charge in [-0.15, -0.1) is 0 Å². The van der Waals surface area contributed by atoms with Crippen molar-refractivity contribution in [3.8, 4) is 11.4 Å². The Morgan fingerprint density at radius 2 is 1.82 bits per heavy atom. The Labute approximate surface area is 195 Å². The molecule has 1 aromatic heterocycles. The van der Waals surface area contributed by atoms with Crippen molar-refractivity contribution in [3.05, 3.63) is 65.9 Å². The molecule has 0 spiro atoms. The molecule has 33 heavy (non-hydrogen) atoms. The summed E-state index contributed by atoms with van der Waals surface area (Å²) in [5, 5.41) is 5.27. The highest BCUT2D eigenvalue weighted by molar-refractivity contribution is 7.84. The van der Waals surface area contributed by atoms with Gasteiger partial charge in [0.15, 0.2) is 5.82 Å². The molecule has 3 aromatic rings. The van der Waals surface area contributed by atoms with Crippen LogP contribution in [0.4, 0.5) is 16.3 Å². The number of nitrogens with zero attached hydrogens (tertiary/aromatic N) is 3. The summed E-state index contributed by atoms with van der Waals surface area (Å²) in [6.07, 6.45) is 0. The summed E-state index contributed by atoms with van der Waals surface area (Å²) in [4.78, 5) is 24.1. The minimum absolute atomic E-state index is 0.283. The highest BCUT2D eigenvalue weighted by Gasteiger charge is 2.18. The van der Waals surface area contributed by atoms with Crippen LogP contribution in [0.1, 0.15) is 11.3 Å². The average molecular weight is 466 g/mol. The van der Waals surface area contributed by atoms with Gasteiger partial charge in [0, 0.05) is 42.3 Å². The fourth-order valence-electron chi connectivity index (χ4n) is 3.56. The van der Waals surface area contributed by atoms with Crippen LogP contribution < -0.4 is 15.5 Å². The van der Waals surface area contributed by atoms with E-state index in [1.807, 2.05) is 49.4 Å². The summed E-state index contributed by atoms with van der Waals surface area (Å²) in [5.74, 6) is 1.66. The monoisotopic (exact) mass is 465 g/mol. The van der Waals surface area contributed by atoms with Crippen molar-refractivity contribution in [3.63, 3.8) is 0 Å². The first-order valence-electron chi connectivity index (χ1n) is 10.8. The zero-order valence-corrected chi connectivity index (χ0v) is 19.5. The number of urea groups is 1. The topological polar surface area (TPSA) is 96.5 Å². The second-order valence-corrected chi connectivity index (χ2v) is 9.10. The van der Waals surface area contributed by atoms with E-state index in [1.165, 1.54) is 0 Å². The first kappa shape index (κ1) is 22.9. The van der Waals surface area contributed by atoms with Crippen LogP contribution in [0.3, 0.4) is 0 Å². The van der Waals surface area contributed by atoms with Gasteiger partial charge in [-0.1, -0.05) is 18.2 Å². The number of aryl methyl sites for hydroxylation is 1. The van der Waals surface area contributed by atoms with Gasteiger partial charge >= 0.3 is 6.03 Å². The molecule has 1 fully saturated rings. The third-order valence-electron chi connectivity index (χ3n) is 5.35. The number of morpholine rings is 1. The third kappa shape index (κ3) is 5.74. The summed E-state index contributed by atoms with van der Waals surface area (Å²) < 4.78 is 18.6. The molecule has 1 saturated heterocycles. The molecule has 2 heterocycles. The van der Waals surface area contributed by atoms with Crippen molar-refractivity contribution in [2.75, 3.05) is 43.6 Å². The van der Waals surface area contributed by atoms with E-state index in [1.54, 1.807) is 19.2 Å². The van der Waals surface area contributed by atoms with Crippen molar-refractivity contribution in [1.29, 1.82) is 0 Å². The molecule has 2 aromatic carbocycles. The molecule has 2 N–H and O–H groups in total. The summed E-state index contributed by atoms with van der Waals surface area (Å²) in [6.45, 7) is 4.73.